The molecule has 1 amide bonds. The molecule has 0 radical (unpaired) electrons. The molecule has 1 aliphatic rings. The van der Waals surface area contributed by atoms with Gasteiger partial charge in [-0.15, -0.1) is 0 Å². The van der Waals surface area contributed by atoms with E-state index < -0.39 is 5.97 Å². The predicted octanol–water partition coefficient (Wildman–Crippen LogP) is 4.18. The van der Waals surface area contributed by atoms with Gasteiger partial charge in [0.05, 0.1) is 5.56 Å². The summed E-state index contributed by atoms with van der Waals surface area (Å²) in [5.41, 5.74) is 5.00. The maximum Gasteiger partial charge on any atom is 0.335 e. The number of hydrogen-bond acceptors (Lipinski definition) is 3. The second-order valence-electron chi connectivity index (χ2n) is 7.32. The number of hydrogen-bond donors (Lipinski definition) is 2. The molecule has 2 aromatic carbocycles. The molecule has 1 heterocycles. The molecule has 0 saturated carbocycles. The van der Waals surface area contributed by atoms with Gasteiger partial charge >= 0.3 is 5.97 Å². The van der Waals surface area contributed by atoms with E-state index in [9.17, 15) is 9.59 Å². The van der Waals surface area contributed by atoms with Gasteiger partial charge in [-0.3, -0.25) is 4.79 Å². The van der Waals surface area contributed by atoms with Crippen molar-refractivity contribution in [3.63, 3.8) is 0 Å². The standard InChI is InChI=1S/C23H26N2O3/c1-2-3-20(24)11-13-25-12-10-19-15-17(6-9-21(19)22(25)26)14-16-4-7-18(8-5-16)23(27)28/h4-9,15,24H,2-3,10-14H2,1H3,(H,27,28). The lowest BCUT2D eigenvalue weighted by Crippen LogP contribution is -2.38. The van der Waals surface area contributed by atoms with Crippen molar-refractivity contribution in [3.8, 4) is 0 Å². The smallest absolute Gasteiger partial charge is 0.335 e. The molecule has 5 heteroatoms. The van der Waals surface area contributed by atoms with Crippen LogP contribution < -0.4 is 0 Å². The van der Waals surface area contributed by atoms with Crippen molar-refractivity contribution in [2.45, 2.75) is 39.0 Å². The average Bonchev–Trinajstić information content (AvgIpc) is 2.68. The summed E-state index contributed by atoms with van der Waals surface area (Å²) in [5.74, 6) is -0.865. The summed E-state index contributed by atoms with van der Waals surface area (Å²) < 4.78 is 0. The third-order valence-corrected chi connectivity index (χ3v) is 5.18. The SMILES string of the molecule is CCCC(=N)CCN1CCc2cc(Cc3ccc(C(=O)O)cc3)ccc2C1=O. The molecule has 2 aromatic rings. The predicted molar refractivity (Wildman–Crippen MR) is 110 cm³/mol. The van der Waals surface area contributed by atoms with Gasteiger partial charge in [0.15, 0.2) is 0 Å². The van der Waals surface area contributed by atoms with Crippen LogP contribution in [0.25, 0.3) is 0 Å². The highest BCUT2D eigenvalue weighted by Crippen LogP contribution is 2.22. The van der Waals surface area contributed by atoms with Crippen LogP contribution in [-0.4, -0.2) is 40.7 Å². The van der Waals surface area contributed by atoms with Gasteiger partial charge in [0.1, 0.15) is 0 Å². The molecule has 0 spiro atoms. The largest absolute Gasteiger partial charge is 0.478 e. The maximum atomic E-state index is 12.8. The minimum atomic E-state index is -0.923. The molecule has 0 bridgehead atoms. The fourth-order valence-electron chi connectivity index (χ4n) is 3.61. The van der Waals surface area contributed by atoms with E-state index in [4.69, 9.17) is 10.5 Å². The van der Waals surface area contributed by atoms with Gasteiger partial charge in [0.2, 0.25) is 0 Å². The molecule has 5 nitrogen and oxygen atoms in total. The van der Waals surface area contributed by atoms with Crippen molar-refractivity contribution < 1.29 is 14.7 Å². The van der Waals surface area contributed by atoms with Crippen LogP contribution in [0.5, 0.6) is 0 Å². The maximum absolute atomic E-state index is 12.8. The molecule has 1 aliphatic heterocycles. The molecule has 0 unspecified atom stereocenters. The second-order valence-corrected chi connectivity index (χ2v) is 7.32. The lowest BCUT2D eigenvalue weighted by molar-refractivity contribution is 0.0695. The van der Waals surface area contributed by atoms with Crippen LogP contribution in [0, 0.1) is 5.41 Å². The first kappa shape index (κ1) is 19.8. The van der Waals surface area contributed by atoms with E-state index in [0.717, 1.165) is 41.5 Å². The summed E-state index contributed by atoms with van der Waals surface area (Å²) in [6, 6.07) is 12.9. The van der Waals surface area contributed by atoms with Crippen LogP contribution in [0.1, 0.15) is 63.6 Å². The van der Waals surface area contributed by atoms with Crippen LogP contribution in [-0.2, 0) is 12.8 Å². The van der Waals surface area contributed by atoms with Crippen molar-refractivity contribution in [2.24, 2.45) is 0 Å². The molecule has 28 heavy (non-hydrogen) atoms. The number of carbonyl (C=O) groups is 2. The van der Waals surface area contributed by atoms with Gasteiger partial charge < -0.3 is 15.4 Å². The quantitative estimate of drug-likeness (QED) is 0.676. The number of carboxylic acids is 1. The monoisotopic (exact) mass is 378 g/mol. The molecular weight excluding hydrogens is 352 g/mol. The third-order valence-electron chi connectivity index (χ3n) is 5.18. The van der Waals surface area contributed by atoms with Crippen molar-refractivity contribution in [3.05, 3.63) is 70.3 Å². The number of benzene rings is 2. The summed E-state index contributed by atoms with van der Waals surface area (Å²) in [6.07, 6.45) is 3.96. The van der Waals surface area contributed by atoms with Crippen molar-refractivity contribution in [1.29, 1.82) is 5.41 Å². The second kappa shape index (κ2) is 8.83. The highest BCUT2D eigenvalue weighted by Gasteiger charge is 2.24. The third kappa shape index (κ3) is 4.66. The summed E-state index contributed by atoms with van der Waals surface area (Å²) in [5, 5.41) is 16.9. The molecule has 0 aromatic heterocycles. The zero-order valence-corrected chi connectivity index (χ0v) is 16.2. The van der Waals surface area contributed by atoms with E-state index in [1.54, 1.807) is 12.1 Å². The van der Waals surface area contributed by atoms with Gasteiger partial charge in [-0.1, -0.05) is 37.6 Å². The number of carboxylic acid groups (broad SMARTS) is 1. The molecule has 146 valence electrons. The van der Waals surface area contributed by atoms with E-state index in [-0.39, 0.29) is 11.5 Å². The molecule has 0 saturated heterocycles. The van der Waals surface area contributed by atoms with Gasteiger partial charge in [-0.05, 0) is 54.2 Å². The highest BCUT2D eigenvalue weighted by molar-refractivity contribution is 5.97. The molecule has 0 aliphatic carbocycles. The minimum Gasteiger partial charge on any atom is -0.478 e. The number of carbonyl (C=O) groups excluding carboxylic acids is 1. The number of fused-ring (bicyclic) bond motifs is 1. The molecule has 0 fully saturated rings. The van der Waals surface area contributed by atoms with E-state index in [0.29, 0.717) is 31.6 Å². The molecule has 3 rings (SSSR count). The lowest BCUT2D eigenvalue weighted by Gasteiger charge is -2.29. The lowest BCUT2D eigenvalue weighted by atomic mass is 9.94. The summed E-state index contributed by atoms with van der Waals surface area (Å²) in [4.78, 5) is 25.6. The van der Waals surface area contributed by atoms with Crippen molar-refractivity contribution in [2.75, 3.05) is 13.1 Å². The summed E-state index contributed by atoms with van der Waals surface area (Å²) in [6.45, 7) is 3.38. The Bertz CT molecular complexity index is 887. The van der Waals surface area contributed by atoms with Crippen LogP contribution in [0.2, 0.25) is 0 Å². The Morgan fingerprint density at radius 1 is 1.11 bits per heavy atom. The van der Waals surface area contributed by atoms with Gasteiger partial charge in [0, 0.05) is 30.8 Å². The Hall–Kier alpha value is -2.95. The number of aromatic carboxylic acids is 1. The summed E-state index contributed by atoms with van der Waals surface area (Å²) in [7, 11) is 0. The molecule has 2 N–H and O–H groups in total. The van der Waals surface area contributed by atoms with Crippen molar-refractivity contribution in [1.82, 2.24) is 4.90 Å². The molecule has 0 atom stereocenters. The summed E-state index contributed by atoms with van der Waals surface area (Å²) >= 11 is 0. The number of nitrogens with zero attached hydrogens (tertiary/aromatic N) is 1. The average molecular weight is 378 g/mol. The Morgan fingerprint density at radius 2 is 1.82 bits per heavy atom. The minimum absolute atomic E-state index is 0.0582. The Labute approximate surface area is 165 Å². The zero-order valence-electron chi connectivity index (χ0n) is 16.2. The number of nitrogens with one attached hydrogen (secondary N) is 1. The van der Waals surface area contributed by atoms with Crippen LogP contribution in [0.3, 0.4) is 0 Å². The van der Waals surface area contributed by atoms with E-state index in [1.165, 1.54) is 0 Å². The number of rotatable bonds is 8. The van der Waals surface area contributed by atoms with Gasteiger partial charge in [-0.2, -0.15) is 0 Å². The fourth-order valence-corrected chi connectivity index (χ4v) is 3.61. The highest BCUT2D eigenvalue weighted by atomic mass is 16.4. The van der Waals surface area contributed by atoms with Crippen LogP contribution >= 0.6 is 0 Å². The Morgan fingerprint density at radius 3 is 2.50 bits per heavy atom. The number of amides is 1. The van der Waals surface area contributed by atoms with Crippen molar-refractivity contribution >= 4 is 17.6 Å². The van der Waals surface area contributed by atoms with E-state index in [2.05, 4.69) is 13.0 Å². The van der Waals surface area contributed by atoms with E-state index in [1.807, 2.05) is 29.2 Å². The first-order valence-electron chi connectivity index (χ1n) is 9.77. The fraction of sp³-hybridized carbons (Fsp3) is 0.348. The Balaban J connectivity index is 1.66. The van der Waals surface area contributed by atoms with Gasteiger partial charge in [0.25, 0.3) is 5.91 Å². The first-order valence-corrected chi connectivity index (χ1v) is 9.77. The van der Waals surface area contributed by atoms with Gasteiger partial charge in [-0.25, -0.2) is 4.79 Å². The molecular formula is C23H26N2O3. The first-order chi connectivity index (χ1) is 13.5. The van der Waals surface area contributed by atoms with Crippen LogP contribution in [0.4, 0.5) is 0 Å². The topological polar surface area (TPSA) is 81.5 Å². The zero-order chi connectivity index (χ0) is 20.1. The Kier molecular flexibility index (Phi) is 6.24. The normalized spacial score (nSPS) is 13.3. The van der Waals surface area contributed by atoms with E-state index >= 15 is 0 Å². The van der Waals surface area contributed by atoms with Crippen LogP contribution in [0.15, 0.2) is 42.5 Å².